The van der Waals surface area contributed by atoms with Gasteiger partial charge >= 0.3 is 0 Å². The fourth-order valence-electron chi connectivity index (χ4n) is 2.71. The fraction of sp³-hybridized carbons (Fsp3) is 0.571. The molecule has 2 nitrogen and oxygen atoms in total. The van der Waals surface area contributed by atoms with Crippen LogP contribution in [0.15, 0.2) is 18.2 Å². The zero-order chi connectivity index (χ0) is 10.8. The highest BCUT2D eigenvalue weighted by molar-refractivity contribution is 5.39. The van der Waals surface area contributed by atoms with Crippen LogP contribution < -0.4 is 4.74 Å². The first-order valence-electron chi connectivity index (χ1n) is 6.39. The lowest BCUT2D eigenvalue weighted by atomic mass is 10.1. The molecule has 0 aliphatic carbocycles. The second kappa shape index (κ2) is 4.46. The molecule has 2 aliphatic heterocycles. The summed E-state index contributed by atoms with van der Waals surface area (Å²) in [5.41, 5.74) is 2.85. The highest BCUT2D eigenvalue weighted by atomic mass is 16.5. The van der Waals surface area contributed by atoms with Gasteiger partial charge in [-0.15, -0.1) is 0 Å². The molecule has 0 saturated carbocycles. The Hall–Kier alpha value is -1.02. The van der Waals surface area contributed by atoms with Crippen LogP contribution >= 0.6 is 0 Å². The zero-order valence-corrected chi connectivity index (χ0v) is 9.74. The first-order chi connectivity index (χ1) is 7.92. The molecule has 16 heavy (non-hydrogen) atoms. The molecule has 2 heteroatoms. The van der Waals surface area contributed by atoms with Crippen molar-refractivity contribution in [1.82, 2.24) is 4.90 Å². The minimum absolute atomic E-state index is 0.864. The molecule has 0 atom stereocenters. The van der Waals surface area contributed by atoms with Gasteiger partial charge in [-0.1, -0.05) is 18.6 Å². The SMILES string of the molecule is c1cc2c(cc1CN1CCCCC1)CCO2. The molecule has 3 rings (SSSR count). The van der Waals surface area contributed by atoms with E-state index in [0.717, 1.165) is 25.3 Å². The van der Waals surface area contributed by atoms with Crippen molar-refractivity contribution >= 4 is 0 Å². The Kier molecular flexibility index (Phi) is 2.83. The van der Waals surface area contributed by atoms with E-state index in [1.807, 2.05) is 0 Å². The molecule has 1 aromatic carbocycles. The third-order valence-electron chi connectivity index (χ3n) is 3.61. The predicted octanol–water partition coefficient (Wildman–Crippen LogP) is 2.61. The highest BCUT2D eigenvalue weighted by Crippen LogP contribution is 2.26. The molecule has 0 unspecified atom stereocenters. The van der Waals surface area contributed by atoms with Crippen molar-refractivity contribution in [2.45, 2.75) is 32.2 Å². The second-order valence-electron chi connectivity index (χ2n) is 4.88. The number of hydrogen-bond donors (Lipinski definition) is 0. The summed E-state index contributed by atoms with van der Waals surface area (Å²) in [5, 5.41) is 0. The molecular formula is C14H19NO. The molecule has 0 radical (unpaired) electrons. The number of benzene rings is 1. The molecule has 2 heterocycles. The van der Waals surface area contributed by atoms with E-state index >= 15 is 0 Å². The van der Waals surface area contributed by atoms with Crippen LogP contribution in [0.5, 0.6) is 5.75 Å². The van der Waals surface area contributed by atoms with Gasteiger partial charge in [0.1, 0.15) is 5.75 Å². The van der Waals surface area contributed by atoms with Gasteiger partial charge < -0.3 is 4.74 Å². The van der Waals surface area contributed by atoms with E-state index in [-0.39, 0.29) is 0 Å². The molecule has 0 amide bonds. The Morgan fingerprint density at radius 3 is 2.88 bits per heavy atom. The van der Waals surface area contributed by atoms with Gasteiger partial charge in [0.05, 0.1) is 6.61 Å². The van der Waals surface area contributed by atoms with Crippen molar-refractivity contribution in [3.63, 3.8) is 0 Å². The zero-order valence-electron chi connectivity index (χ0n) is 9.74. The summed E-state index contributed by atoms with van der Waals surface area (Å²) >= 11 is 0. The van der Waals surface area contributed by atoms with E-state index in [1.54, 1.807) is 0 Å². The number of fused-ring (bicyclic) bond motifs is 1. The van der Waals surface area contributed by atoms with Crippen LogP contribution in [0.4, 0.5) is 0 Å². The largest absolute Gasteiger partial charge is 0.493 e. The van der Waals surface area contributed by atoms with Crippen LogP contribution in [0.25, 0.3) is 0 Å². The molecule has 2 aliphatic rings. The van der Waals surface area contributed by atoms with Gasteiger partial charge in [-0.2, -0.15) is 0 Å². The van der Waals surface area contributed by atoms with Crippen LogP contribution in [0.3, 0.4) is 0 Å². The van der Waals surface area contributed by atoms with Crippen molar-refractivity contribution in [2.24, 2.45) is 0 Å². The van der Waals surface area contributed by atoms with E-state index in [2.05, 4.69) is 23.1 Å². The summed E-state index contributed by atoms with van der Waals surface area (Å²) < 4.78 is 5.53. The molecule has 1 aromatic rings. The maximum absolute atomic E-state index is 5.53. The molecule has 0 spiro atoms. The molecule has 0 aromatic heterocycles. The Labute approximate surface area is 97.2 Å². The Balaban J connectivity index is 1.69. The Bertz CT molecular complexity index is 369. The summed E-state index contributed by atoms with van der Waals surface area (Å²) in [6, 6.07) is 6.69. The van der Waals surface area contributed by atoms with E-state index in [0.29, 0.717) is 0 Å². The lowest BCUT2D eigenvalue weighted by molar-refractivity contribution is 0.221. The molecule has 86 valence electrons. The minimum atomic E-state index is 0.864. The molecular weight excluding hydrogens is 198 g/mol. The minimum Gasteiger partial charge on any atom is -0.493 e. The van der Waals surface area contributed by atoms with Crippen LogP contribution in [0.2, 0.25) is 0 Å². The second-order valence-corrected chi connectivity index (χ2v) is 4.88. The first-order valence-corrected chi connectivity index (χ1v) is 6.39. The molecule has 0 bridgehead atoms. The van der Waals surface area contributed by atoms with E-state index in [9.17, 15) is 0 Å². The highest BCUT2D eigenvalue weighted by Gasteiger charge is 2.14. The van der Waals surface area contributed by atoms with E-state index in [1.165, 1.54) is 43.5 Å². The van der Waals surface area contributed by atoms with Crippen molar-refractivity contribution < 1.29 is 4.74 Å². The maximum atomic E-state index is 5.53. The number of piperidine rings is 1. The molecule has 1 saturated heterocycles. The third kappa shape index (κ3) is 2.07. The van der Waals surface area contributed by atoms with Crippen LogP contribution in [0, 0.1) is 0 Å². The van der Waals surface area contributed by atoms with E-state index < -0.39 is 0 Å². The standard InChI is InChI=1S/C14H19NO/c1-2-7-15(8-3-1)11-12-4-5-14-13(10-12)6-9-16-14/h4-5,10H,1-3,6-9,11H2. The predicted molar refractivity (Wildman–Crippen MR) is 64.8 cm³/mol. The number of nitrogens with zero attached hydrogens (tertiary/aromatic N) is 1. The Morgan fingerprint density at radius 2 is 2.00 bits per heavy atom. The number of likely N-dealkylation sites (tertiary alicyclic amines) is 1. The van der Waals surface area contributed by atoms with Crippen molar-refractivity contribution in [3.8, 4) is 5.75 Å². The lowest BCUT2D eigenvalue weighted by Gasteiger charge is -2.26. The summed E-state index contributed by atoms with van der Waals surface area (Å²) in [7, 11) is 0. The average molecular weight is 217 g/mol. The van der Waals surface area contributed by atoms with Gasteiger partial charge in [0.15, 0.2) is 0 Å². The first kappa shape index (κ1) is 10.2. The Morgan fingerprint density at radius 1 is 1.12 bits per heavy atom. The third-order valence-corrected chi connectivity index (χ3v) is 3.61. The van der Waals surface area contributed by atoms with Gasteiger partial charge in [0.25, 0.3) is 0 Å². The average Bonchev–Trinajstić information content (AvgIpc) is 2.77. The van der Waals surface area contributed by atoms with Crippen molar-refractivity contribution in [3.05, 3.63) is 29.3 Å². The smallest absolute Gasteiger partial charge is 0.122 e. The monoisotopic (exact) mass is 217 g/mol. The topological polar surface area (TPSA) is 12.5 Å². The van der Waals surface area contributed by atoms with Crippen molar-refractivity contribution in [2.75, 3.05) is 19.7 Å². The van der Waals surface area contributed by atoms with Gasteiger partial charge in [-0.05, 0) is 43.1 Å². The van der Waals surface area contributed by atoms with E-state index in [4.69, 9.17) is 4.74 Å². The fourth-order valence-corrected chi connectivity index (χ4v) is 2.71. The summed E-state index contributed by atoms with van der Waals surface area (Å²) in [4.78, 5) is 2.57. The maximum Gasteiger partial charge on any atom is 0.122 e. The van der Waals surface area contributed by atoms with Gasteiger partial charge in [0.2, 0.25) is 0 Å². The van der Waals surface area contributed by atoms with Crippen LogP contribution in [-0.4, -0.2) is 24.6 Å². The summed E-state index contributed by atoms with van der Waals surface area (Å²) in [6.07, 6.45) is 5.24. The molecule has 1 fully saturated rings. The van der Waals surface area contributed by atoms with Gasteiger partial charge in [0, 0.05) is 13.0 Å². The van der Waals surface area contributed by atoms with Crippen LogP contribution in [-0.2, 0) is 13.0 Å². The molecule has 0 N–H and O–H groups in total. The normalized spacial score (nSPS) is 20.5. The number of rotatable bonds is 2. The quantitative estimate of drug-likeness (QED) is 0.755. The van der Waals surface area contributed by atoms with Crippen molar-refractivity contribution in [1.29, 1.82) is 0 Å². The number of hydrogen-bond acceptors (Lipinski definition) is 2. The van der Waals surface area contributed by atoms with Crippen LogP contribution in [0.1, 0.15) is 30.4 Å². The summed E-state index contributed by atoms with van der Waals surface area (Å²) in [6.45, 7) is 4.52. The summed E-state index contributed by atoms with van der Waals surface area (Å²) in [5.74, 6) is 1.10. The van der Waals surface area contributed by atoms with Gasteiger partial charge in [-0.25, -0.2) is 0 Å². The lowest BCUT2D eigenvalue weighted by Crippen LogP contribution is -2.29. The number of ether oxygens (including phenoxy) is 1. The van der Waals surface area contributed by atoms with Gasteiger partial charge in [-0.3, -0.25) is 4.90 Å².